The summed E-state index contributed by atoms with van der Waals surface area (Å²) in [6, 6.07) is 3.78. The van der Waals surface area contributed by atoms with E-state index in [9.17, 15) is 4.79 Å². The van der Waals surface area contributed by atoms with E-state index in [4.69, 9.17) is 4.74 Å². The Kier molecular flexibility index (Phi) is 2.86. The smallest absolute Gasteiger partial charge is 0.151 e. The fourth-order valence-corrected chi connectivity index (χ4v) is 1.45. The van der Waals surface area contributed by atoms with Crippen molar-refractivity contribution in [2.75, 3.05) is 19.8 Å². The molecule has 1 N–H and O–H groups in total. The van der Waals surface area contributed by atoms with Crippen LogP contribution in [0.25, 0.3) is 0 Å². The molecular formula is C10H12N2O2. The Morgan fingerprint density at radius 2 is 2.50 bits per heavy atom. The highest BCUT2D eigenvalue weighted by atomic mass is 16.5. The molecule has 14 heavy (non-hydrogen) atoms. The molecule has 2 rings (SSSR count). The molecule has 1 aromatic rings. The molecular weight excluding hydrogens is 180 g/mol. The van der Waals surface area contributed by atoms with Crippen LogP contribution in [0.3, 0.4) is 0 Å². The minimum Gasteiger partial charge on any atom is -0.378 e. The number of aldehydes is 1. The van der Waals surface area contributed by atoms with Gasteiger partial charge in [0.05, 0.1) is 24.9 Å². The molecule has 1 atom stereocenters. The zero-order chi connectivity index (χ0) is 9.80. The van der Waals surface area contributed by atoms with Gasteiger partial charge in [-0.15, -0.1) is 0 Å². The fraction of sp³-hybridized carbons (Fsp3) is 0.400. The normalized spacial score (nSPS) is 21.9. The van der Waals surface area contributed by atoms with Crippen molar-refractivity contribution >= 4 is 6.29 Å². The van der Waals surface area contributed by atoms with E-state index < -0.39 is 0 Å². The summed E-state index contributed by atoms with van der Waals surface area (Å²) < 4.78 is 5.32. The van der Waals surface area contributed by atoms with Crippen LogP contribution in [0, 0.1) is 0 Å². The van der Waals surface area contributed by atoms with Crippen molar-refractivity contribution in [3.05, 3.63) is 29.6 Å². The molecule has 1 aliphatic heterocycles. The number of morpholine rings is 1. The molecule has 0 saturated carbocycles. The molecule has 2 heterocycles. The van der Waals surface area contributed by atoms with E-state index in [0.717, 1.165) is 25.1 Å². The number of carbonyl (C=O) groups is 1. The Hall–Kier alpha value is -1.26. The van der Waals surface area contributed by atoms with E-state index in [1.807, 2.05) is 6.07 Å². The van der Waals surface area contributed by atoms with E-state index in [-0.39, 0.29) is 6.04 Å². The Bertz CT molecular complexity index is 304. The average Bonchev–Trinajstić information content (AvgIpc) is 2.30. The van der Waals surface area contributed by atoms with Crippen molar-refractivity contribution in [3.8, 4) is 0 Å². The highest BCUT2D eigenvalue weighted by Gasteiger charge is 2.15. The van der Waals surface area contributed by atoms with E-state index >= 15 is 0 Å². The molecule has 1 aliphatic rings. The average molecular weight is 192 g/mol. The maximum atomic E-state index is 10.4. The molecule has 74 valence electrons. The first-order chi connectivity index (χ1) is 6.90. The summed E-state index contributed by atoms with van der Waals surface area (Å²) in [6.07, 6.45) is 2.38. The lowest BCUT2D eigenvalue weighted by Crippen LogP contribution is -2.35. The minimum absolute atomic E-state index is 0.157. The monoisotopic (exact) mass is 192 g/mol. The number of pyridine rings is 1. The zero-order valence-electron chi connectivity index (χ0n) is 7.77. The van der Waals surface area contributed by atoms with Crippen LogP contribution in [-0.4, -0.2) is 31.0 Å². The molecule has 1 unspecified atom stereocenters. The molecule has 0 spiro atoms. The van der Waals surface area contributed by atoms with Crippen LogP contribution in [0.1, 0.15) is 22.1 Å². The van der Waals surface area contributed by atoms with Gasteiger partial charge in [0.1, 0.15) is 0 Å². The SMILES string of the molecule is O=Cc1ccc(C2COCCN2)nc1. The Labute approximate surface area is 82.3 Å². The fourth-order valence-electron chi connectivity index (χ4n) is 1.45. The Morgan fingerprint density at radius 1 is 1.57 bits per heavy atom. The van der Waals surface area contributed by atoms with Crippen LogP contribution in [0.4, 0.5) is 0 Å². The van der Waals surface area contributed by atoms with E-state index in [1.165, 1.54) is 0 Å². The number of carbonyl (C=O) groups excluding carboxylic acids is 1. The molecule has 4 heteroatoms. The highest BCUT2D eigenvalue weighted by Crippen LogP contribution is 2.12. The van der Waals surface area contributed by atoms with Gasteiger partial charge in [0.25, 0.3) is 0 Å². The maximum Gasteiger partial charge on any atom is 0.151 e. The summed E-state index contributed by atoms with van der Waals surface area (Å²) >= 11 is 0. The number of nitrogens with zero attached hydrogens (tertiary/aromatic N) is 1. The van der Waals surface area contributed by atoms with E-state index in [0.29, 0.717) is 12.2 Å². The van der Waals surface area contributed by atoms with Gasteiger partial charge in [0, 0.05) is 18.3 Å². The third kappa shape index (κ3) is 1.97. The molecule has 0 bridgehead atoms. The van der Waals surface area contributed by atoms with E-state index in [2.05, 4.69) is 10.3 Å². The number of nitrogens with one attached hydrogen (secondary N) is 1. The predicted molar refractivity (Wildman–Crippen MR) is 51.2 cm³/mol. The van der Waals surface area contributed by atoms with Crippen molar-refractivity contribution < 1.29 is 9.53 Å². The second kappa shape index (κ2) is 4.30. The lowest BCUT2D eigenvalue weighted by Gasteiger charge is -2.23. The third-order valence-corrected chi connectivity index (χ3v) is 2.22. The summed E-state index contributed by atoms with van der Waals surface area (Å²) in [4.78, 5) is 14.6. The van der Waals surface area contributed by atoms with Gasteiger partial charge in [0.2, 0.25) is 0 Å². The summed E-state index contributed by atoms with van der Waals surface area (Å²) in [5.74, 6) is 0. The minimum atomic E-state index is 0.157. The van der Waals surface area contributed by atoms with Crippen LogP contribution < -0.4 is 5.32 Å². The number of aromatic nitrogens is 1. The number of hydrogen-bond acceptors (Lipinski definition) is 4. The molecule has 0 aromatic carbocycles. The Morgan fingerprint density at radius 3 is 3.07 bits per heavy atom. The second-order valence-electron chi connectivity index (χ2n) is 3.22. The van der Waals surface area contributed by atoms with Gasteiger partial charge in [-0.1, -0.05) is 0 Å². The van der Waals surface area contributed by atoms with Crippen molar-refractivity contribution in [1.82, 2.24) is 10.3 Å². The third-order valence-electron chi connectivity index (χ3n) is 2.22. The standard InChI is InChI=1S/C10H12N2O2/c13-6-8-1-2-9(12-5-8)10-7-14-4-3-11-10/h1-2,5-6,10-11H,3-4,7H2. The summed E-state index contributed by atoms with van der Waals surface area (Å²) in [7, 11) is 0. The van der Waals surface area contributed by atoms with Crippen molar-refractivity contribution in [2.24, 2.45) is 0 Å². The number of rotatable bonds is 2. The van der Waals surface area contributed by atoms with Crippen molar-refractivity contribution in [3.63, 3.8) is 0 Å². The first kappa shape index (κ1) is 9.30. The van der Waals surface area contributed by atoms with Gasteiger partial charge in [0.15, 0.2) is 6.29 Å². The van der Waals surface area contributed by atoms with Crippen LogP contribution in [0.2, 0.25) is 0 Å². The Balaban J connectivity index is 2.11. The maximum absolute atomic E-state index is 10.4. The summed E-state index contributed by atoms with van der Waals surface area (Å²) in [5.41, 5.74) is 1.53. The predicted octanol–water partition coefficient (Wildman–Crippen LogP) is 0.555. The zero-order valence-corrected chi connectivity index (χ0v) is 7.77. The van der Waals surface area contributed by atoms with Gasteiger partial charge >= 0.3 is 0 Å². The largest absolute Gasteiger partial charge is 0.378 e. The summed E-state index contributed by atoms with van der Waals surface area (Å²) in [6.45, 7) is 2.25. The highest BCUT2D eigenvalue weighted by molar-refractivity contribution is 5.73. The first-order valence-corrected chi connectivity index (χ1v) is 4.62. The molecule has 1 fully saturated rings. The van der Waals surface area contributed by atoms with Crippen LogP contribution in [0.5, 0.6) is 0 Å². The summed E-state index contributed by atoms with van der Waals surface area (Å²) in [5, 5.41) is 3.30. The van der Waals surface area contributed by atoms with Gasteiger partial charge in [-0.25, -0.2) is 0 Å². The van der Waals surface area contributed by atoms with Crippen LogP contribution >= 0.6 is 0 Å². The topological polar surface area (TPSA) is 51.2 Å². The van der Waals surface area contributed by atoms with Crippen molar-refractivity contribution in [2.45, 2.75) is 6.04 Å². The molecule has 0 amide bonds. The molecule has 4 nitrogen and oxygen atoms in total. The van der Waals surface area contributed by atoms with E-state index in [1.54, 1.807) is 12.3 Å². The first-order valence-electron chi connectivity index (χ1n) is 4.62. The lowest BCUT2D eigenvalue weighted by atomic mass is 10.1. The molecule has 1 saturated heterocycles. The number of hydrogen-bond donors (Lipinski definition) is 1. The molecule has 0 aliphatic carbocycles. The number of ether oxygens (including phenoxy) is 1. The van der Waals surface area contributed by atoms with Crippen molar-refractivity contribution in [1.29, 1.82) is 0 Å². The van der Waals surface area contributed by atoms with Gasteiger partial charge in [-0.05, 0) is 12.1 Å². The lowest BCUT2D eigenvalue weighted by molar-refractivity contribution is 0.0756. The van der Waals surface area contributed by atoms with Crippen LogP contribution in [0.15, 0.2) is 18.3 Å². The van der Waals surface area contributed by atoms with Gasteiger partial charge in [-0.2, -0.15) is 0 Å². The quantitative estimate of drug-likeness (QED) is 0.695. The van der Waals surface area contributed by atoms with Gasteiger partial charge in [-0.3, -0.25) is 9.78 Å². The van der Waals surface area contributed by atoms with Crippen LogP contribution in [-0.2, 0) is 4.74 Å². The molecule has 0 radical (unpaired) electrons. The second-order valence-corrected chi connectivity index (χ2v) is 3.22. The molecule has 1 aromatic heterocycles. The van der Waals surface area contributed by atoms with Gasteiger partial charge < -0.3 is 10.1 Å².